The summed E-state index contributed by atoms with van der Waals surface area (Å²) < 4.78 is 47.0. The number of urea groups is 1. The number of alkyl halides is 1. The lowest BCUT2D eigenvalue weighted by Crippen LogP contribution is -2.53. The average molecular weight is 409 g/mol. The molecule has 0 bridgehead atoms. The molecule has 148 valence electrons. The number of rotatable bonds is 6. The Kier molecular flexibility index (Phi) is 4.31. The lowest BCUT2D eigenvalue weighted by atomic mass is 9.94. The topological polar surface area (TPSA) is 113 Å². The summed E-state index contributed by atoms with van der Waals surface area (Å²) in [5.74, 6) is -1.21. The molecule has 1 aliphatic heterocycles. The van der Waals surface area contributed by atoms with Gasteiger partial charge in [-0.15, -0.1) is 0 Å². The molecule has 0 radical (unpaired) electrons. The van der Waals surface area contributed by atoms with Crippen molar-refractivity contribution in [1.29, 1.82) is 0 Å². The van der Waals surface area contributed by atoms with Gasteiger partial charge in [-0.2, -0.15) is 14.3 Å². The van der Waals surface area contributed by atoms with Crippen LogP contribution in [0.1, 0.15) is 18.6 Å². The Morgan fingerprint density at radius 1 is 1.39 bits per heavy atom. The van der Waals surface area contributed by atoms with Crippen LogP contribution in [0.3, 0.4) is 0 Å². The van der Waals surface area contributed by atoms with Crippen LogP contribution < -0.4 is 4.72 Å². The highest BCUT2D eigenvalue weighted by atomic mass is 32.2. The van der Waals surface area contributed by atoms with E-state index in [1.54, 1.807) is 0 Å². The molecule has 0 spiro atoms. The number of sulfonamides is 1. The maximum Gasteiger partial charge on any atom is 0.501 e. The van der Waals surface area contributed by atoms with Crippen molar-refractivity contribution < 1.29 is 31.5 Å². The van der Waals surface area contributed by atoms with Crippen LogP contribution in [0.15, 0.2) is 39.9 Å². The second kappa shape index (κ2) is 6.45. The second-order valence-electron chi connectivity index (χ2n) is 7.07. The van der Waals surface area contributed by atoms with Gasteiger partial charge in [0.1, 0.15) is 18.3 Å². The first-order chi connectivity index (χ1) is 13.3. The van der Waals surface area contributed by atoms with E-state index in [1.807, 2.05) is 0 Å². The number of fused-ring (bicyclic) bond motifs is 1. The minimum absolute atomic E-state index is 0.116. The van der Waals surface area contributed by atoms with Gasteiger partial charge in [-0.25, -0.2) is 22.3 Å². The van der Waals surface area contributed by atoms with E-state index in [0.717, 1.165) is 4.90 Å². The van der Waals surface area contributed by atoms with E-state index in [2.05, 4.69) is 9.88 Å². The number of carbonyl (C=O) groups excluding carboxylic acids is 2. The number of hydrogen-bond donors (Lipinski definition) is 1. The van der Waals surface area contributed by atoms with Gasteiger partial charge in [0.15, 0.2) is 12.3 Å². The lowest BCUT2D eigenvalue weighted by Gasteiger charge is -2.26. The Morgan fingerprint density at radius 2 is 2.14 bits per heavy atom. The summed E-state index contributed by atoms with van der Waals surface area (Å²) in [6.45, 7) is -0.903. The molecule has 2 aliphatic carbocycles. The van der Waals surface area contributed by atoms with Gasteiger partial charge in [-0.05, 0) is 31.1 Å². The Labute approximate surface area is 160 Å². The van der Waals surface area contributed by atoms with Gasteiger partial charge in [-0.3, -0.25) is 0 Å². The number of carbonyl (C=O) groups is 2. The van der Waals surface area contributed by atoms with Crippen molar-refractivity contribution in [2.24, 2.45) is 5.92 Å². The molecule has 1 fully saturated rings. The zero-order chi connectivity index (χ0) is 20.1. The number of imide groups is 1. The van der Waals surface area contributed by atoms with Crippen molar-refractivity contribution in [3.63, 3.8) is 0 Å². The molecule has 1 aromatic rings. The van der Waals surface area contributed by atoms with Crippen LogP contribution in [0.5, 0.6) is 0 Å². The zero-order valence-corrected chi connectivity index (χ0v) is 15.8. The van der Waals surface area contributed by atoms with Crippen molar-refractivity contribution in [2.75, 3.05) is 13.7 Å². The van der Waals surface area contributed by atoms with Crippen LogP contribution in [0.25, 0.3) is 0 Å². The van der Waals surface area contributed by atoms with Gasteiger partial charge in [0.2, 0.25) is 10.0 Å². The maximum atomic E-state index is 13.1. The first-order valence-corrected chi connectivity index (χ1v) is 10.1. The highest BCUT2D eigenvalue weighted by Crippen LogP contribution is 2.37. The summed E-state index contributed by atoms with van der Waals surface area (Å²) in [7, 11) is -2.49. The molecule has 1 atom stereocenters. The van der Waals surface area contributed by atoms with E-state index >= 15 is 0 Å². The first kappa shape index (κ1) is 18.7. The summed E-state index contributed by atoms with van der Waals surface area (Å²) in [5, 5.41) is 3.55. The van der Waals surface area contributed by atoms with E-state index < -0.39 is 40.1 Å². The van der Waals surface area contributed by atoms with Crippen molar-refractivity contribution in [1.82, 2.24) is 14.8 Å². The molecule has 3 aliphatic rings. The number of amides is 3. The molecule has 1 saturated carbocycles. The minimum atomic E-state index is -3.99. The standard InChI is InChI=1S/C17H18FN4O5S/c1-21-14-3-2-12(28(25,26)20-17(10-18)5-6-17)8-13(14)15(23)22(16(21)24)9-11-4-7-19-27-11/h2-4,7-8,13,20H,5-6,9-10H2,1H3/q+1. The van der Waals surface area contributed by atoms with Gasteiger partial charge in [-0.1, -0.05) is 5.16 Å². The number of hydrogen-bond acceptors (Lipinski definition) is 6. The van der Waals surface area contributed by atoms with Crippen LogP contribution >= 0.6 is 0 Å². The minimum Gasteiger partial charge on any atom is -0.357 e. The van der Waals surface area contributed by atoms with E-state index in [4.69, 9.17) is 4.52 Å². The number of nitrogens with one attached hydrogen (secondary N) is 1. The first-order valence-electron chi connectivity index (χ1n) is 8.62. The molecule has 1 N–H and O–H groups in total. The van der Waals surface area contributed by atoms with Crippen molar-refractivity contribution in [3.8, 4) is 0 Å². The quantitative estimate of drug-likeness (QED) is 0.693. The SMILES string of the molecule is C[N+]1=C2C=CC(S(=O)(=O)NC3(CF)CC3)=CC2C(=O)N(Cc2ccno2)C1=O. The molecule has 3 amide bonds. The van der Waals surface area contributed by atoms with Crippen LogP contribution in [-0.4, -0.2) is 60.0 Å². The molecule has 0 aromatic carbocycles. The third kappa shape index (κ3) is 3.10. The molecule has 0 saturated heterocycles. The number of halogens is 1. The zero-order valence-electron chi connectivity index (χ0n) is 15.0. The van der Waals surface area contributed by atoms with E-state index in [9.17, 15) is 22.4 Å². The third-order valence-corrected chi connectivity index (χ3v) is 6.68. The fraction of sp³-hybridized carbons (Fsp3) is 0.412. The van der Waals surface area contributed by atoms with Crippen LogP contribution in [0.4, 0.5) is 9.18 Å². The molecule has 4 rings (SSSR count). The van der Waals surface area contributed by atoms with Crippen LogP contribution in [0, 0.1) is 5.92 Å². The lowest BCUT2D eigenvalue weighted by molar-refractivity contribution is -0.406. The number of allylic oxidation sites excluding steroid dienone is 2. The Bertz CT molecular complexity index is 1040. The normalized spacial score (nSPS) is 23.7. The molecule has 28 heavy (non-hydrogen) atoms. The predicted molar refractivity (Wildman–Crippen MR) is 94.3 cm³/mol. The molecule has 9 nitrogen and oxygen atoms in total. The van der Waals surface area contributed by atoms with Crippen LogP contribution in [-0.2, 0) is 21.4 Å². The monoisotopic (exact) mass is 409 g/mol. The predicted octanol–water partition coefficient (Wildman–Crippen LogP) is 0.711. The van der Waals surface area contributed by atoms with E-state index in [-0.39, 0.29) is 11.4 Å². The average Bonchev–Trinajstić information content (AvgIpc) is 3.24. The smallest absolute Gasteiger partial charge is 0.357 e. The number of aromatic nitrogens is 1. The van der Waals surface area contributed by atoms with Crippen molar-refractivity contribution in [3.05, 3.63) is 41.2 Å². The highest BCUT2D eigenvalue weighted by molar-refractivity contribution is 7.93. The molecular formula is C17H18FN4O5S+. The Hall–Kier alpha value is -2.66. The molecule has 1 unspecified atom stereocenters. The van der Waals surface area contributed by atoms with Crippen LogP contribution in [0.2, 0.25) is 0 Å². The third-order valence-electron chi connectivity index (χ3n) is 5.08. The van der Waals surface area contributed by atoms with Crippen molar-refractivity contribution in [2.45, 2.75) is 24.9 Å². The fourth-order valence-electron chi connectivity index (χ4n) is 3.21. The van der Waals surface area contributed by atoms with Gasteiger partial charge in [0.25, 0.3) is 0 Å². The molecule has 2 heterocycles. The van der Waals surface area contributed by atoms with Gasteiger partial charge >= 0.3 is 11.9 Å². The molecule has 1 aromatic heterocycles. The van der Waals surface area contributed by atoms with E-state index in [0.29, 0.717) is 24.3 Å². The number of nitrogens with zero attached hydrogens (tertiary/aromatic N) is 3. The summed E-state index contributed by atoms with van der Waals surface area (Å²) in [4.78, 5) is 26.3. The van der Waals surface area contributed by atoms with Crippen molar-refractivity contribution >= 4 is 27.7 Å². The molecule has 11 heteroatoms. The summed E-state index contributed by atoms with van der Waals surface area (Å²) in [5.41, 5.74) is -0.673. The summed E-state index contributed by atoms with van der Waals surface area (Å²) >= 11 is 0. The molecular weight excluding hydrogens is 391 g/mol. The Morgan fingerprint density at radius 3 is 2.75 bits per heavy atom. The van der Waals surface area contributed by atoms with Gasteiger partial charge in [0.05, 0.1) is 23.7 Å². The largest absolute Gasteiger partial charge is 0.501 e. The Balaban J connectivity index is 1.65. The van der Waals surface area contributed by atoms with Gasteiger partial charge in [0, 0.05) is 6.07 Å². The maximum absolute atomic E-state index is 13.1. The van der Waals surface area contributed by atoms with E-state index in [1.165, 1.54) is 42.1 Å². The highest BCUT2D eigenvalue weighted by Gasteiger charge is 2.49. The summed E-state index contributed by atoms with van der Waals surface area (Å²) in [6.07, 6.45) is 6.28. The fourth-order valence-corrected chi connectivity index (χ4v) is 4.72. The van der Waals surface area contributed by atoms with Gasteiger partial charge < -0.3 is 4.52 Å². The summed E-state index contributed by atoms with van der Waals surface area (Å²) in [6, 6.07) is 0.979. The second-order valence-corrected chi connectivity index (χ2v) is 8.75.